The van der Waals surface area contributed by atoms with Crippen molar-refractivity contribution in [3.8, 4) is 0 Å². The highest BCUT2D eigenvalue weighted by Crippen LogP contribution is 2.25. The zero-order valence-corrected chi connectivity index (χ0v) is 14.8. The molecule has 5 nitrogen and oxygen atoms in total. The third kappa shape index (κ3) is 4.70. The zero-order chi connectivity index (χ0) is 16.1. The fourth-order valence-corrected chi connectivity index (χ4v) is 3.34. The molecule has 2 aliphatic rings. The molecule has 1 atom stereocenters. The van der Waals surface area contributed by atoms with E-state index in [1.54, 1.807) is 0 Å². The highest BCUT2D eigenvalue weighted by atomic mass is 35.5. The summed E-state index contributed by atoms with van der Waals surface area (Å²) in [6.07, 6.45) is 2.24. The van der Waals surface area contributed by atoms with Crippen molar-refractivity contribution < 1.29 is 14.3 Å². The predicted octanol–water partition coefficient (Wildman–Crippen LogP) is 1.98. The van der Waals surface area contributed by atoms with Gasteiger partial charge in [-0.05, 0) is 24.8 Å². The van der Waals surface area contributed by atoms with E-state index in [4.69, 9.17) is 15.2 Å². The van der Waals surface area contributed by atoms with Crippen LogP contribution in [0.15, 0.2) is 30.3 Å². The van der Waals surface area contributed by atoms with Gasteiger partial charge in [-0.3, -0.25) is 4.79 Å². The quantitative estimate of drug-likeness (QED) is 0.878. The molecule has 2 aliphatic heterocycles. The minimum atomic E-state index is -0.724. The smallest absolute Gasteiger partial charge is 0.242 e. The fourth-order valence-electron chi connectivity index (χ4n) is 3.34. The summed E-state index contributed by atoms with van der Waals surface area (Å²) in [5.74, 6) is 0.498. The molecule has 3 rings (SSSR count). The van der Waals surface area contributed by atoms with Crippen LogP contribution in [-0.4, -0.2) is 49.3 Å². The SMILES string of the molecule is Cl.NC1(C(=O)N2CCC(COCc3ccccc3)C2)CCOCC1. The Balaban J connectivity index is 0.00000208. The van der Waals surface area contributed by atoms with Gasteiger partial charge in [0.15, 0.2) is 0 Å². The van der Waals surface area contributed by atoms with Gasteiger partial charge >= 0.3 is 0 Å². The predicted molar refractivity (Wildman–Crippen MR) is 95.0 cm³/mol. The summed E-state index contributed by atoms with van der Waals surface area (Å²) in [6, 6.07) is 10.2. The van der Waals surface area contributed by atoms with Crippen LogP contribution in [0.2, 0.25) is 0 Å². The molecule has 134 valence electrons. The van der Waals surface area contributed by atoms with E-state index in [9.17, 15) is 4.79 Å². The van der Waals surface area contributed by atoms with Crippen LogP contribution < -0.4 is 5.73 Å². The van der Waals surface area contributed by atoms with Gasteiger partial charge in [-0.25, -0.2) is 0 Å². The summed E-state index contributed by atoms with van der Waals surface area (Å²) >= 11 is 0. The number of carbonyl (C=O) groups excluding carboxylic acids is 1. The van der Waals surface area contributed by atoms with E-state index in [2.05, 4.69) is 12.1 Å². The van der Waals surface area contributed by atoms with Crippen LogP contribution in [0.25, 0.3) is 0 Å². The highest BCUT2D eigenvalue weighted by molar-refractivity contribution is 5.86. The molecule has 2 N–H and O–H groups in total. The minimum Gasteiger partial charge on any atom is -0.381 e. The number of amides is 1. The molecule has 0 radical (unpaired) electrons. The molecule has 0 aliphatic carbocycles. The molecule has 24 heavy (non-hydrogen) atoms. The third-order valence-corrected chi connectivity index (χ3v) is 4.85. The van der Waals surface area contributed by atoms with Crippen molar-refractivity contribution in [2.75, 3.05) is 32.9 Å². The van der Waals surface area contributed by atoms with Crippen LogP contribution >= 0.6 is 12.4 Å². The van der Waals surface area contributed by atoms with E-state index in [0.717, 1.165) is 19.5 Å². The number of nitrogens with zero attached hydrogens (tertiary/aromatic N) is 1. The standard InChI is InChI=1S/C18H26N2O3.ClH/c19-18(7-10-22-11-8-18)17(21)20-9-6-16(12-20)14-23-13-15-4-2-1-3-5-15;/h1-5,16H,6-14,19H2;1H. The number of carbonyl (C=O) groups is 1. The molecule has 0 aromatic heterocycles. The summed E-state index contributed by atoms with van der Waals surface area (Å²) in [5.41, 5.74) is 6.76. The van der Waals surface area contributed by atoms with Crippen molar-refractivity contribution in [3.05, 3.63) is 35.9 Å². The van der Waals surface area contributed by atoms with E-state index in [1.165, 1.54) is 5.56 Å². The first-order valence-electron chi connectivity index (χ1n) is 8.45. The molecule has 0 spiro atoms. The lowest BCUT2D eigenvalue weighted by atomic mass is 9.90. The summed E-state index contributed by atoms with van der Waals surface area (Å²) in [6.45, 7) is 4.04. The lowest BCUT2D eigenvalue weighted by Gasteiger charge is -2.35. The first-order chi connectivity index (χ1) is 11.2. The molecule has 0 bridgehead atoms. The first kappa shape index (κ1) is 19.2. The summed E-state index contributed by atoms with van der Waals surface area (Å²) in [7, 11) is 0. The van der Waals surface area contributed by atoms with Gasteiger partial charge in [0.05, 0.1) is 18.8 Å². The summed E-state index contributed by atoms with van der Waals surface area (Å²) < 4.78 is 11.1. The number of halogens is 1. The molecule has 2 heterocycles. The maximum atomic E-state index is 12.7. The number of rotatable bonds is 5. The van der Waals surface area contributed by atoms with Gasteiger partial charge in [0.1, 0.15) is 0 Å². The van der Waals surface area contributed by atoms with Gasteiger partial charge < -0.3 is 20.1 Å². The molecule has 1 amide bonds. The number of nitrogens with two attached hydrogens (primary N) is 1. The zero-order valence-electron chi connectivity index (χ0n) is 14.0. The normalized spacial score (nSPS) is 22.9. The maximum Gasteiger partial charge on any atom is 0.242 e. The largest absolute Gasteiger partial charge is 0.381 e. The lowest BCUT2D eigenvalue weighted by Crippen LogP contribution is -2.57. The molecular weight excluding hydrogens is 328 g/mol. The van der Waals surface area contributed by atoms with Crippen LogP contribution in [0.5, 0.6) is 0 Å². The van der Waals surface area contributed by atoms with Crippen LogP contribution in [0.3, 0.4) is 0 Å². The van der Waals surface area contributed by atoms with Crippen molar-refractivity contribution in [2.24, 2.45) is 11.7 Å². The lowest BCUT2D eigenvalue weighted by molar-refractivity contribution is -0.139. The van der Waals surface area contributed by atoms with Gasteiger partial charge in [-0.1, -0.05) is 30.3 Å². The van der Waals surface area contributed by atoms with Crippen molar-refractivity contribution >= 4 is 18.3 Å². The number of likely N-dealkylation sites (tertiary alicyclic amines) is 1. The Labute approximate surface area is 149 Å². The molecule has 1 aromatic carbocycles. The number of ether oxygens (including phenoxy) is 2. The highest BCUT2D eigenvalue weighted by Gasteiger charge is 2.41. The Morgan fingerprint density at radius 1 is 1.29 bits per heavy atom. The molecular formula is C18H27ClN2O3. The van der Waals surface area contributed by atoms with Crippen LogP contribution in [0.4, 0.5) is 0 Å². The number of benzene rings is 1. The Hall–Kier alpha value is -1.14. The molecule has 1 aromatic rings. The number of hydrogen-bond acceptors (Lipinski definition) is 4. The van der Waals surface area contributed by atoms with E-state index in [-0.39, 0.29) is 18.3 Å². The Morgan fingerprint density at radius 2 is 2.00 bits per heavy atom. The van der Waals surface area contributed by atoms with E-state index >= 15 is 0 Å². The summed E-state index contributed by atoms with van der Waals surface area (Å²) in [5, 5.41) is 0. The van der Waals surface area contributed by atoms with Crippen LogP contribution in [-0.2, 0) is 20.9 Å². The monoisotopic (exact) mass is 354 g/mol. The van der Waals surface area contributed by atoms with Crippen molar-refractivity contribution in [1.29, 1.82) is 0 Å². The van der Waals surface area contributed by atoms with Gasteiger partial charge in [0.2, 0.25) is 5.91 Å². The van der Waals surface area contributed by atoms with E-state index in [1.807, 2.05) is 23.1 Å². The van der Waals surface area contributed by atoms with E-state index < -0.39 is 5.54 Å². The van der Waals surface area contributed by atoms with Gasteiger partial charge in [-0.2, -0.15) is 0 Å². The fraction of sp³-hybridized carbons (Fsp3) is 0.611. The maximum absolute atomic E-state index is 12.7. The summed E-state index contributed by atoms with van der Waals surface area (Å²) in [4.78, 5) is 14.6. The second-order valence-electron chi connectivity index (χ2n) is 6.68. The average molecular weight is 355 g/mol. The van der Waals surface area contributed by atoms with Crippen LogP contribution in [0.1, 0.15) is 24.8 Å². The van der Waals surface area contributed by atoms with Gasteiger partial charge in [0.25, 0.3) is 0 Å². The molecule has 0 saturated carbocycles. The second-order valence-corrected chi connectivity index (χ2v) is 6.68. The average Bonchev–Trinajstić information content (AvgIpc) is 3.04. The topological polar surface area (TPSA) is 64.8 Å². The van der Waals surface area contributed by atoms with Crippen molar-refractivity contribution in [1.82, 2.24) is 4.90 Å². The molecule has 2 saturated heterocycles. The first-order valence-corrected chi connectivity index (χ1v) is 8.45. The Kier molecular flexibility index (Phi) is 7.04. The van der Waals surface area contributed by atoms with Gasteiger partial charge in [-0.15, -0.1) is 12.4 Å². The minimum absolute atomic E-state index is 0. The third-order valence-electron chi connectivity index (χ3n) is 4.85. The Morgan fingerprint density at radius 3 is 2.71 bits per heavy atom. The number of hydrogen-bond donors (Lipinski definition) is 1. The van der Waals surface area contributed by atoms with Crippen LogP contribution in [0, 0.1) is 5.92 Å². The molecule has 2 fully saturated rings. The van der Waals surface area contributed by atoms with Crippen molar-refractivity contribution in [2.45, 2.75) is 31.4 Å². The molecule has 6 heteroatoms. The van der Waals surface area contributed by atoms with Gasteiger partial charge in [0, 0.05) is 32.2 Å². The molecule has 1 unspecified atom stereocenters. The Bertz CT molecular complexity index is 520. The second kappa shape index (κ2) is 8.81. The van der Waals surface area contributed by atoms with E-state index in [0.29, 0.717) is 45.2 Å². The van der Waals surface area contributed by atoms with Crippen molar-refractivity contribution in [3.63, 3.8) is 0 Å².